The lowest BCUT2D eigenvalue weighted by molar-refractivity contribution is -0.151. The van der Waals surface area contributed by atoms with Gasteiger partial charge in [0.15, 0.2) is 0 Å². The standard InChI is InChI=1S/C12H15NO3/c1-4-13(11(14)12(15)16-3)10-7-5-6-9(2)8-10/h5-8H,4H2,1-3H3. The molecule has 0 radical (unpaired) electrons. The topological polar surface area (TPSA) is 46.6 Å². The fraction of sp³-hybridized carbons (Fsp3) is 0.333. The summed E-state index contributed by atoms with van der Waals surface area (Å²) in [6, 6.07) is 7.42. The average Bonchev–Trinajstić information content (AvgIpc) is 2.29. The normalized spacial score (nSPS) is 9.69. The summed E-state index contributed by atoms with van der Waals surface area (Å²) >= 11 is 0. The largest absolute Gasteiger partial charge is 0.462 e. The highest BCUT2D eigenvalue weighted by Crippen LogP contribution is 2.16. The summed E-state index contributed by atoms with van der Waals surface area (Å²) in [5, 5.41) is 0. The Hall–Kier alpha value is -1.84. The van der Waals surface area contributed by atoms with Gasteiger partial charge in [-0.05, 0) is 31.5 Å². The van der Waals surface area contributed by atoms with E-state index in [2.05, 4.69) is 4.74 Å². The lowest BCUT2D eigenvalue weighted by Crippen LogP contribution is -2.37. The zero-order chi connectivity index (χ0) is 12.1. The number of ether oxygens (including phenoxy) is 1. The van der Waals surface area contributed by atoms with E-state index >= 15 is 0 Å². The van der Waals surface area contributed by atoms with Gasteiger partial charge in [-0.15, -0.1) is 0 Å². The molecule has 1 rings (SSSR count). The van der Waals surface area contributed by atoms with Gasteiger partial charge in [0.05, 0.1) is 7.11 Å². The van der Waals surface area contributed by atoms with Crippen LogP contribution in [0.4, 0.5) is 5.69 Å². The van der Waals surface area contributed by atoms with Gasteiger partial charge < -0.3 is 9.64 Å². The zero-order valence-electron chi connectivity index (χ0n) is 9.69. The quantitative estimate of drug-likeness (QED) is 0.562. The van der Waals surface area contributed by atoms with Gasteiger partial charge in [0, 0.05) is 12.2 Å². The SMILES string of the molecule is CCN(C(=O)C(=O)OC)c1cccc(C)c1. The molecule has 0 aromatic heterocycles. The summed E-state index contributed by atoms with van der Waals surface area (Å²) in [5.41, 5.74) is 1.74. The second kappa shape index (κ2) is 5.30. The van der Waals surface area contributed by atoms with Crippen molar-refractivity contribution in [1.29, 1.82) is 0 Å². The van der Waals surface area contributed by atoms with Gasteiger partial charge in [-0.3, -0.25) is 4.79 Å². The number of rotatable bonds is 2. The molecule has 1 aromatic rings. The minimum absolute atomic E-state index is 0.428. The molecule has 86 valence electrons. The van der Waals surface area contributed by atoms with Crippen molar-refractivity contribution in [2.24, 2.45) is 0 Å². The molecule has 1 amide bonds. The Morgan fingerprint density at radius 2 is 2.06 bits per heavy atom. The van der Waals surface area contributed by atoms with Crippen molar-refractivity contribution in [2.75, 3.05) is 18.6 Å². The first-order valence-corrected chi connectivity index (χ1v) is 5.06. The number of carbonyl (C=O) groups is 2. The minimum atomic E-state index is -0.844. The summed E-state index contributed by atoms with van der Waals surface area (Å²) in [6.07, 6.45) is 0. The Kier molecular flexibility index (Phi) is 4.05. The highest BCUT2D eigenvalue weighted by atomic mass is 16.5. The van der Waals surface area contributed by atoms with Crippen LogP contribution in [0.2, 0.25) is 0 Å². The Labute approximate surface area is 94.8 Å². The van der Waals surface area contributed by atoms with Crippen LogP contribution in [0.5, 0.6) is 0 Å². The van der Waals surface area contributed by atoms with E-state index in [0.29, 0.717) is 12.2 Å². The molecule has 0 aliphatic carbocycles. The molecule has 4 nitrogen and oxygen atoms in total. The number of benzene rings is 1. The van der Waals surface area contributed by atoms with Crippen LogP contribution in [0, 0.1) is 6.92 Å². The zero-order valence-corrected chi connectivity index (χ0v) is 9.69. The van der Waals surface area contributed by atoms with E-state index in [1.165, 1.54) is 12.0 Å². The van der Waals surface area contributed by atoms with Crippen molar-refractivity contribution in [3.8, 4) is 0 Å². The third kappa shape index (κ3) is 2.59. The maximum atomic E-state index is 11.7. The second-order valence-corrected chi connectivity index (χ2v) is 3.38. The summed E-state index contributed by atoms with van der Waals surface area (Å²) in [6.45, 7) is 4.17. The number of esters is 1. The molecular formula is C12H15NO3. The first-order chi connectivity index (χ1) is 7.60. The number of amides is 1. The van der Waals surface area contributed by atoms with E-state index in [4.69, 9.17) is 0 Å². The number of likely N-dealkylation sites (N-methyl/N-ethyl adjacent to an activating group) is 1. The number of hydrogen-bond acceptors (Lipinski definition) is 3. The van der Waals surface area contributed by atoms with Crippen LogP contribution in [0.1, 0.15) is 12.5 Å². The third-order valence-electron chi connectivity index (χ3n) is 2.23. The van der Waals surface area contributed by atoms with Gasteiger partial charge in [0.25, 0.3) is 0 Å². The van der Waals surface area contributed by atoms with Crippen LogP contribution in [-0.4, -0.2) is 25.5 Å². The first-order valence-electron chi connectivity index (χ1n) is 5.06. The predicted octanol–water partition coefficient (Wildman–Crippen LogP) is 1.52. The Bertz CT molecular complexity index is 401. The number of hydrogen-bond donors (Lipinski definition) is 0. The number of anilines is 1. The van der Waals surface area contributed by atoms with Crippen molar-refractivity contribution in [3.63, 3.8) is 0 Å². The average molecular weight is 221 g/mol. The number of carbonyl (C=O) groups excluding carboxylic acids is 2. The molecule has 0 aliphatic rings. The summed E-state index contributed by atoms with van der Waals surface area (Å²) in [4.78, 5) is 24.2. The molecule has 0 N–H and O–H groups in total. The number of methoxy groups -OCH3 is 1. The molecule has 4 heteroatoms. The van der Waals surface area contributed by atoms with Crippen molar-refractivity contribution >= 4 is 17.6 Å². The molecule has 0 heterocycles. The van der Waals surface area contributed by atoms with Gasteiger partial charge in [-0.1, -0.05) is 12.1 Å². The molecule has 0 saturated heterocycles. The first kappa shape index (κ1) is 12.2. The molecule has 16 heavy (non-hydrogen) atoms. The van der Waals surface area contributed by atoms with E-state index in [1.807, 2.05) is 32.0 Å². The summed E-state index contributed by atoms with van der Waals surface area (Å²) in [5.74, 6) is -1.49. The number of aryl methyl sites for hydroxylation is 1. The van der Waals surface area contributed by atoms with E-state index in [1.54, 1.807) is 6.07 Å². The van der Waals surface area contributed by atoms with Crippen molar-refractivity contribution < 1.29 is 14.3 Å². The van der Waals surface area contributed by atoms with E-state index in [-0.39, 0.29) is 0 Å². The molecule has 0 atom stereocenters. The van der Waals surface area contributed by atoms with Crippen LogP contribution < -0.4 is 4.90 Å². The highest BCUT2D eigenvalue weighted by Gasteiger charge is 2.22. The van der Waals surface area contributed by atoms with E-state index in [9.17, 15) is 9.59 Å². The summed E-state index contributed by atoms with van der Waals surface area (Å²) in [7, 11) is 1.20. The van der Waals surface area contributed by atoms with Crippen LogP contribution in [0.15, 0.2) is 24.3 Å². The monoisotopic (exact) mass is 221 g/mol. The van der Waals surface area contributed by atoms with Crippen LogP contribution in [0.3, 0.4) is 0 Å². The Balaban J connectivity index is 2.99. The highest BCUT2D eigenvalue weighted by molar-refractivity contribution is 6.38. The third-order valence-corrected chi connectivity index (χ3v) is 2.23. The van der Waals surface area contributed by atoms with Gasteiger partial charge in [-0.25, -0.2) is 4.79 Å². The van der Waals surface area contributed by atoms with Gasteiger partial charge in [0.1, 0.15) is 0 Å². The fourth-order valence-corrected chi connectivity index (χ4v) is 1.44. The minimum Gasteiger partial charge on any atom is -0.462 e. The van der Waals surface area contributed by atoms with E-state index < -0.39 is 11.9 Å². The van der Waals surface area contributed by atoms with Crippen LogP contribution in [-0.2, 0) is 14.3 Å². The number of nitrogens with zero attached hydrogens (tertiary/aromatic N) is 1. The van der Waals surface area contributed by atoms with Gasteiger partial charge in [-0.2, -0.15) is 0 Å². The van der Waals surface area contributed by atoms with Crippen molar-refractivity contribution in [3.05, 3.63) is 29.8 Å². The Morgan fingerprint density at radius 3 is 2.56 bits per heavy atom. The second-order valence-electron chi connectivity index (χ2n) is 3.38. The summed E-state index contributed by atoms with van der Waals surface area (Å²) < 4.78 is 4.42. The smallest absolute Gasteiger partial charge is 0.397 e. The van der Waals surface area contributed by atoms with Crippen LogP contribution >= 0.6 is 0 Å². The van der Waals surface area contributed by atoms with Crippen molar-refractivity contribution in [2.45, 2.75) is 13.8 Å². The van der Waals surface area contributed by atoms with E-state index in [0.717, 1.165) is 5.56 Å². The molecular weight excluding hydrogens is 206 g/mol. The molecule has 0 aliphatic heterocycles. The Morgan fingerprint density at radius 1 is 1.38 bits per heavy atom. The molecule has 0 fully saturated rings. The molecule has 0 bridgehead atoms. The molecule has 0 saturated carbocycles. The van der Waals surface area contributed by atoms with Gasteiger partial charge >= 0.3 is 11.9 Å². The molecule has 1 aromatic carbocycles. The lowest BCUT2D eigenvalue weighted by atomic mass is 10.2. The maximum Gasteiger partial charge on any atom is 0.397 e. The fourth-order valence-electron chi connectivity index (χ4n) is 1.44. The van der Waals surface area contributed by atoms with Crippen molar-refractivity contribution in [1.82, 2.24) is 0 Å². The lowest BCUT2D eigenvalue weighted by Gasteiger charge is -2.19. The molecule has 0 spiro atoms. The maximum absolute atomic E-state index is 11.7. The molecule has 0 unspecified atom stereocenters. The predicted molar refractivity (Wildman–Crippen MR) is 61.2 cm³/mol. The van der Waals surface area contributed by atoms with Gasteiger partial charge in [0.2, 0.25) is 0 Å². The van der Waals surface area contributed by atoms with Crippen LogP contribution in [0.25, 0.3) is 0 Å².